The third-order valence-electron chi connectivity index (χ3n) is 4.37. The van der Waals surface area contributed by atoms with Gasteiger partial charge in [0.15, 0.2) is 6.04 Å². The number of nitrogens with zero attached hydrogens (tertiary/aromatic N) is 1. The van der Waals surface area contributed by atoms with Gasteiger partial charge in [0.05, 0.1) is 25.3 Å². The molecule has 0 bridgehead atoms. The third-order valence-corrected chi connectivity index (χ3v) is 5.24. The molecule has 5 nitrogen and oxygen atoms in total. The van der Waals surface area contributed by atoms with Crippen molar-refractivity contribution in [3.8, 4) is 0 Å². The van der Waals surface area contributed by atoms with E-state index in [2.05, 4.69) is 22.7 Å². The molecule has 132 valence electrons. The van der Waals surface area contributed by atoms with E-state index >= 15 is 0 Å². The summed E-state index contributed by atoms with van der Waals surface area (Å²) in [6.45, 7) is 5.39. The van der Waals surface area contributed by atoms with Crippen LogP contribution >= 0.6 is 11.3 Å². The number of carbonyl (C=O) groups excluding carboxylic acids is 1. The van der Waals surface area contributed by atoms with Crippen molar-refractivity contribution >= 4 is 23.0 Å². The Balaban J connectivity index is 1.71. The number of hydrazone groups is 1. The zero-order chi connectivity index (χ0) is 17.5. The van der Waals surface area contributed by atoms with E-state index in [4.69, 9.17) is 4.74 Å². The predicted molar refractivity (Wildman–Crippen MR) is 100.0 cm³/mol. The lowest BCUT2D eigenvalue weighted by molar-refractivity contribution is -0.928. The number of hydrogen-bond acceptors (Lipinski definition) is 4. The van der Waals surface area contributed by atoms with Gasteiger partial charge in [-0.25, -0.2) is 5.43 Å². The van der Waals surface area contributed by atoms with Crippen molar-refractivity contribution in [1.82, 2.24) is 5.43 Å². The summed E-state index contributed by atoms with van der Waals surface area (Å²) in [6.07, 6.45) is 0.370. The van der Waals surface area contributed by atoms with E-state index in [9.17, 15) is 4.79 Å². The molecule has 1 aliphatic heterocycles. The first-order chi connectivity index (χ1) is 12.2. The van der Waals surface area contributed by atoms with Gasteiger partial charge in [-0.1, -0.05) is 36.4 Å². The molecule has 0 spiro atoms. The largest absolute Gasteiger partial charge is 0.370 e. The van der Waals surface area contributed by atoms with Crippen LogP contribution in [-0.2, 0) is 16.0 Å². The van der Waals surface area contributed by atoms with Gasteiger partial charge in [-0.15, -0.1) is 11.3 Å². The Morgan fingerprint density at radius 3 is 2.68 bits per heavy atom. The molecular formula is C19H24N3O2S+. The smallest absolute Gasteiger partial charge is 0.245 e. The maximum absolute atomic E-state index is 12.1. The fraction of sp³-hybridized carbons (Fsp3) is 0.368. The first-order valence-electron chi connectivity index (χ1n) is 8.56. The number of carbonyl (C=O) groups is 1. The highest BCUT2D eigenvalue weighted by Gasteiger charge is 2.29. The van der Waals surface area contributed by atoms with E-state index in [0.717, 1.165) is 36.9 Å². The van der Waals surface area contributed by atoms with Gasteiger partial charge >= 0.3 is 0 Å². The summed E-state index contributed by atoms with van der Waals surface area (Å²) in [7, 11) is 0. The number of rotatable bonds is 6. The van der Waals surface area contributed by atoms with Gasteiger partial charge in [-0.2, -0.15) is 5.10 Å². The molecular weight excluding hydrogens is 334 g/mol. The molecule has 0 saturated carbocycles. The number of hydrogen-bond donors (Lipinski definition) is 2. The van der Waals surface area contributed by atoms with Gasteiger partial charge in [0.1, 0.15) is 13.1 Å². The van der Waals surface area contributed by atoms with E-state index in [1.165, 1.54) is 10.5 Å². The molecule has 1 aliphatic rings. The summed E-state index contributed by atoms with van der Waals surface area (Å²) < 4.78 is 5.49. The van der Waals surface area contributed by atoms with E-state index in [1.54, 1.807) is 11.3 Å². The van der Waals surface area contributed by atoms with Crippen LogP contribution in [0.2, 0.25) is 0 Å². The molecule has 25 heavy (non-hydrogen) atoms. The monoisotopic (exact) mass is 358 g/mol. The maximum Gasteiger partial charge on any atom is 0.245 e. The predicted octanol–water partition coefficient (Wildman–Crippen LogP) is 1.44. The Morgan fingerprint density at radius 2 is 2.00 bits per heavy atom. The minimum absolute atomic E-state index is 0.0782. The van der Waals surface area contributed by atoms with Crippen molar-refractivity contribution in [2.24, 2.45) is 5.10 Å². The van der Waals surface area contributed by atoms with Crippen LogP contribution < -0.4 is 10.3 Å². The molecule has 0 radical (unpaired) electrons. The van der Waals surface area contributed by atoms with E-state index in [0.29, 0.717) is 6.42 Å². The van der Waals surface area contributed by atoms with Crippen molar-refractivity contribution in [2.75, 3.05) is 26.3 Å². The Kier molecular flexibility index (Phi) is 6.33. The van der Waals surface area contributed by atoms with Crippen LogP contribution in [0.25, 0.3) is 0 Å². The van der Waals surface area contributed by atoms with Gasteiger partial charge in [0.2, 0.25) is 5.91 Å². The average Bonchev–Trinajstić information content (AvgIpc) is 3.15. The summed E-state index contributed by atoms with van der Waals surface area (Å²) in [4.78, 5) is 14.6. The number of thiophene rings is 1. The number of amides is 1. The van der Waals surface area contributed by atoms with Gasteiger partial charge in [-0.3, -0.25) is 4.79 Å². The number of nitrogens with one attached hydrogen (secondary N) is 2. The lowest BCUT2D eigenvalue weighted by atomic mass is 10.0. The van der Waals surface area contributed by atoms with Crippen LogP contribution in [0.4, 0.5) is 0 Å². The molecule has 1 amide bonds. The van der Waals surface area contributed by atoms with Gasteiger partial charge in [-0.05, 0) is 18.4 Å². The van der Waals surface area contributed by atoms with Gasteiger partial charge in [0.25, 0.3) is 0 Å². The lowest BCUT2D eigenvalue weighted by Crippen LogP contribution is -3.15. The zero-order valence-electron chi connectivity index (χ0n) is 14.4. The molecule has 2 N–H and O–H groups in total. The summed E-state index contributed by atoms with van der Waals surface area (Å²) in [6, 6.07) is 14.4. The minimum atomic E-state index is -0.0782. The first kappa shape index (κ1) is 17.8. The lowest BCUT2D eigenvalue weighted by Gasteiger charge is -2.31. The Hall–Kier alpha value is -2.02. The average molecular weight is 358 g/mol. The fourth-order valence-electron chi connectivity index (χ4n) is 3.17. The highest BCUT2D eigenvalue weighted by atomic mass is 32.1. The highest BCUT2D eigenvalue weighted by molar-refractivity contribution is 7.10. The van der Waals surface area contributed by atoms with Crippen molar-refractivity contribution in [3.63, 3.8) is 0 Å². The van der Waals surface area contributed by atoms with Crippen molar-refractivity contribution < 1.29 is 14.4 Å². The quantitative estimate of drug-likeness (QED) is 0.606. The van der Waals surface area contributed by atoms with Crippen LogP contribution in [-0.4, -0.2) is 37.9 Å². The second-order valence-electron chi connectivity index (χ2n) is 6.16. The second-order valence-corrected chi connectivity index (χ2v) is 7.19. The van der Waals surface area contributed by atoms with E-state index < -0.39 is 0 Å². The second kappa shape index (κ2) is 8.89. The first-order valence-corrected chi connectivity index (χ1v) is 9.44. The van der Waals surface area contributed by atoms with Crippen LogP contribution in [0.5, 0.6) is 0 Å². The fourth-order valence-corrected chi connectivity index (χ4v) is 3.87. The Labute approximate surface area is 152 Å². The minimum Gasteiger partial charge on any atom is -0.370 e. The van der Waals surface area contributed by atoms with Gasteiger partial charge < -0.3 is 9.64 Å². The van der Waals surface area contributed by atoms with Crippen LogP contribution in [0.1, 0.15) is 23.4 Å². The SMILES string of the molecule is C/C(=N/NC(=O)Cc1cccs1)[C@H](c1ccccc1)[NH+]1CCOCC1. The zero-order valence-corrected chi connectivity index (χ0v) is 15.2. The Morgan fingerprint density at radius 1 is 1.24 bits per heavy atom. The molecule has 0 aliphatic carbocycles. The van der Waals surface area contributed by atoms with Crippen molar-refractivity contribution in [1.29, 1.82) is 0 Å². The molecule has 1 aromatic heterocycles. The molecule has 1 atom stereocenters. The van der Waals surface area contributed by atoms with Crippen LogP contribution in [0.15, 0.2) is 52.9 Å². The molecule has 6 heteroatoms. The van der Waals surface area contributed by atoms with Gasteiger partial charge in [0, 0.05) is 10.4 Å². The molecule has 3 rings (SSSR count). The third kappa shape index (κ3) is 4.98. The van der Waals surface area contributed by atoms with Crippen LogP contribution in [0, 0.1) is 0 Å². The van der Waals surface area contributed by atoms with Crippen molar-refractivity contribution in [3.05, 3.63) is 58.3 Å². The van der Waals surface area contributed by atoms with E-state index in [1.807, 2.05) is 42.6 Å². The Bertz CT molecular complexity index is 695. The summed E-state index contributed by atoms with van der Waals surface area (Å²) in [5.41, 5.74) is 4.86. The molecule has 1 aromatic carbocycles. The summed E-state index contributed by atoms with van der Waals surface area (Å²) >= 11 is 1.58. The van der Waals surface area contributed by atoms with E-state index in [-0.39, 0.29) is 11.9 Å². The molecule has 2 aromatic rings. The topological polar surface area (TPSA) is 55.1 Å². The van der Waals surface area contributed by atoms with Crippen molar-refractivity contribution in [2.45, 2.75) is 19.4 Å². The summed E-state index contributed by atoms with van der Waals surface area (Å²) in [5, 5.41) is 6.39. The maximum atomic E-state index is 12.1. The number of morpholine rings is 1. The molecule has 0 unspecified atom stereocenters. The number of benzene rings is 1. The number of quaternary nitrogens is 1. The molecule has 2 heterocycles. The molecule has 1 saturated heterocycles. The standard InChI is InChI=1S/C19H23N3O2S/c1-15(20-21-18(23)14-17-8-5-13-25-17)19(16-6-3-2-4-7-16)22-9-11-24-12-10-22/h2-8,13,19H,9-12,14H2,1H3,(H,21,23)/p+1/b20-15-/t19-/m1/s1. The number of ether oxygens (including phenoxy) is 1. The normalized spacial score (nSPS) is 17.2. The highest BCUT2D eigenvalue weighted by Crippen LogP contribution is 2.12. The summed E-state index contributed by atoms with van der Waals surface area (Å²) in [5.74, 6) is -0.0782. The van der Waals surface area contributed by atoms with Crippen LogP contribution in [0.3, 0.4) is 0 Å². The molecule has 1 fully saturated rings.